The lowest BCUT2D eigenvalue weighted by Crippen LogP contribution is -1.86. The van der Waals surface area contributed by atoms with Crippen LogP contribution < -0.4 is 5.73 Å². The highest BCUT2D eigenvalue weighted by Gasteiger charge is 2.36. The van der Waals surface area contributed by atoms with Gasteiger partial charge in [0.25, 0.3) is 0 Å². The van der Waals surface area contributed by atoms with Gasteiger partial charge in [-0.15, -0.1) is 0 Å². The molecule has 3 rings (SSSR count). The molecule has 1 heterocycles. The Balaban J connectivity index is 2.17. The van der Waals surface area contributed by atoms with Crippen LogP contribution in [0.4, 0.5) is 5.69 Å². The number of hydrogen-bond acceptors (Lipinski definition) is 2. The average molecular weight is 266 g/mol. The number of benzene rings is 1. The molecule has 78 valence electrons. The van der Waals surface area contributed by atoms with Gasteiger partial charge >= 0.3 is 0 Å². The van der Waals surface area contributed by atoms with E-state index in [0.29, 0.717) is 5.92 Å². The van der Waals surface area contributed by atoms with Crippen molar-refractivity contribution in [3.63, 3.8) is 0 Å². The van der Waals surface area contributed by atoms with Gasteiger partial charge in [0, 0.05) is 10.4 Å². The van der Waals surface area contributed by atoms with Crippen LogP contribution in [0.1, 0.15) is 25.1 Å². The number of nitrogens with one attached hydrogen (secondary N) is 1. The molecule has 0 saturated heterocycles. The second-order valence-electron chi connectivity index (χ2n) is 4.33. The van der Waals surface area contributed by atoms with E-state index in [1.807, 2.05) is 12.1 Å². The third-order valence-corrected chi connectivity index (χ3v) is 3.52. The largest absolute Gasteiger partial charge is 0.397 e. The number of nitrogens with two attached hydrogens (primary N) is 1. The number of H-pyrrole nitrogens is 1. The van der Waals surface area contributed by atoms with Crippen LogP contribution >= 0.6 is 15.9 Å². The maximum absolute atomic E-state index is 5.91. The lowest BCUT2D eigenvalue weighted by atomic mass is 10.3. The van der Waals surface area contributed by atoms with Crippen molar-refractivity contribution in [1.82, 2.24) is 9.97 Å². The summed E-state index contributed by atoms with van der Waals surface area (Å²) in [5.41, 5.74) is 8.56. The summed E-state index contributed by atoms with van der Waals surface area (Å²) in [6, 6.07) is 3.92. The Bertz CT molecular complexity index is 532. The van der Waals surface area contributed by atoms with Gasteiger partial charge in [-0.1, -0.05) is 22.9 Å². The van der Waals surface area contributed by atoms with Crippen LogP contribution in [0, 0.1) is 5.92 Å². The van der Waals surface area contributed by atoms with Gasteiger partial charge in [-0.3, -0.25) is 0 Å². The van der Waals surface area contributed by atoms with Gasteiger partial charge in [-0.05, 0) is 24.5 Å². The molecule has 2 unspecified atom stereocenters. The molecule has 0 bridgehead atoms. The zero-order chi connectivity index (χ0) is 10.6. The van der Waals surface area contributed by atoms with Gasteiger partial charge < -0.3 is 10.7 Å². The molecule has 15 heavy (non-hydrogen) atoms. The lowest BCUT2D eigenvalue weighted by molar-refractivity contribution is 0.867. The molecule has 3 nitrogen and oxygen atoms in total. The summed E-state index contributed by atoms with van der Waals surface area (Å²) < 4.78 is 0.992. The number of hydrogen-bond donors (Lipinski definition) is 2. The third kappa shape index (κ3) is 1.44. The number of anilines is 1. The number of nitrogen functional groups attached to an aromatic ring is 1. The Kier molecular flexibility index (Phi) is 1.83. The van der Waals surface area contributed by atoms with E-state index in [1.165, 1.54) is 6.42 Å². The molecule has 2 atom stereocenters. The first-order valence-corrected chi connectivity index (χ1v) is 5.89. The Morgan fingerprint density at radius 1 is 1.53 bits per heavy atom. The van der Waals surface area contributed by atoms with Gasteiger partial charge in [-0.25, -0.2) is 4.98 Å². The fourth-order valence-electron chi connectivity index (χ4n) is 2.01. The van der Waals surface area contributed by atoms with Gasteiger partial charge in [-0.2, -0.15) is 0 Å². The number of aromatic nitrogens is 2. The summed E-state index contributed by atoms with van der Waals surface area (Å²) in [6.45, 7) is 2.25. The Morgan fingerprint density at radius 2 is 2.27 bits per heavy atom. The fraction of sp³-hybridized carbons (Fsp3) is 0.364. The minimum atomic E-state index is 0.607. The SMILES string of the molecule is CC1CC1c1nc2c(N)cc(Br)cc2[nH]1. The molecular weight excluding hydrogens is 254 g/mol. The van der Waals surface area contributed by atoms with Gasteiger partial charge in [0.2, 0.25) is 0 Å². The minimum absolute atomic E-state index is 0.607. The molecule has 0 amide bonds. The highest BCUT2D eigenvalue weighted by Crippen LogP contribution is 2.46. The van der Waals surface area contributed by atoms with E-state index in [2.05, 4.69) is 32.8 Å². The first-order valence-electron chi connectivity index (χ1n) is 5.10. The smallest absolute Gasteiger partial charge is 0.112 e. The molecule has 0 spiro atoms. The van der Waals surface area contributed by atoms with E-state index in [-0.39, 0.29) is 0 Å². The van der Waals surface area contributed by atoms with Gasteiger partial charge in [0.15, 0.2) is 0 Å². The topological polar surface area (TPSA) is 54.7 Å². The van der Waals surface area contributed by atoms with E-state index in [1.54, 1.807) is 0 Å². The standard InChI is InChI=1S/C11H12BrN3/c1-5-2-7(5)11-14-9-4-6(12)3-8(13)10(9)15-11/h3-5,7H,2,13H2,1H3,(H,14,15). The fourth-order valence-corrected chi connectivity index (χ4v) is 2.48. The minimum Gasteiger partial charge on any atom is -0.397 e. The number of imidazole rings is 1. The molecule has 3 N–H and O–H groups in total. The quantitative estimate of drug-likeness (QED) is 0.779. The van der Waals surface area contributed by atoms with Crippen LogP contribution in [0.5, 0.6) is 0 Å². The molecule has 1 aromatic carbocycles. The van der Waals surface area contributed by atoms with Crippen molar-refractivity contribution in [1.29, 1.82) is 0 Å². The molecule has 4 heteroatoms. The van der Waals surface area contributed by atoms with E-state index >= 15 is 0 Å². The van der Waals surface area contributed by atoms with Crippen LogP contribution in [0.2, 0.25) is 0 Å². The van der Waals surface area contributed by atoms with E-state index in [0.717, 1.165) is 32.9 Å². The van der Waals surface area contributed by atoms with Crippen molar-refractivity contribution in [3.05, 3.63) is 22.4 Å². The molecule has 2 aromatic rings. The van der Waals surface area contributed by atoms with Gasteiger partial charge in [0.1, 0.15) is 11.3 Å². The van der Waals surface area contributed by atoms with E-state index < -0.39 is 0 Å². The monoisotopic (exact) mass is 265 g/mol. The lowest BCUT2D eigenvalue weighted by Gasteiger charge is -1.94. The molecule has 1 saturated carbocycles. The summed E-state index contributed by atoms with van der Waals surface area (Å²) in [5, 5.41) is 0. The van der Waals surface area contributed by atoms with Crippen molar-refractivity contribution in [3.8, 4) is 0 Å². The second kappa shape index (κ2) is 2.98. The van der Waals surface area contributed by atoms with Crippen molar-refractivity contribution in [2.45, 2.75) is 19.3 Å². The Morgan fingerprint density at radius 3 is 2.93 bits per heavy atom. The number of halogens is 1. The molecule has 1 fully saturated rings. The van der Waals surface area contributed by atoms with E-state index in [9.17, 15) is 0 Å². The summed E-state index contributed by atoms with van der Waals surface area (Å²) in [5.74, 6) is 2.45. The molecule has 1 aliphatic rings. The molecule has 0 aliphatic heterocycles. The van der Waals surface area contributed by atoms with Crippen LogP contribution in [0.25, 0.3) is 11.0 Å². The van der Waals surface area contributed by atoms with Crippen LogP contribution in [0.3, 0.4) is 0 Å². The summed E-state index contributed by atoms with van der Waals surface area (Å²) in [4.78, 5) is 7.91. The van der Waals surface area contributed by atoms with Crippen molar-refractivity contribution in [2.75, 3.05) is 5.73 Å². The molecule has 1 aliphatic carbocycles. The van der Waals surface area contributed by atoms with Crippen LogP contribution in [-0.4, -0.2) is 9.97 Å². The molecular formula is C11H12BrN3. The number of aromatic amines is 1. The number of nitrogens with zero attached hydrogens (tertiary/aromatic N) is 1. The second-order valence-corrected chi connectivity index (χ2v) is 5.25. The van der Waals surface area contributed by atoms with Crippen LogP contribution in [-0.2, 0) is 0 Å². The molecule has 0 radical (unpaired) electrons. The predicted octanol–water partition coefficient (Wildman–Crippen LogP) is 3.03. The summed E-state index contributed by atoms with van der Waals surface area (Å²) >= 11 is 3.43. The highest BCUT2D eigenvalue weighted by atomic mass is 79.9. The Hall–Kier alpha value is -1.03. The Labute approximate surface area is 96.2 Å². The predicted molar refractivity (Wildman–Crippen MR) is 64.7 cm³/mol. The maximum Gasteiger partial charge on any atom is 0.112 e. The van der Waals surface area contributed by atoms with Gasteiger partial charge in [0.05, 0.1) is 11.2 Å². The normalized spacial score (nSPS) is 24.7. The maximum atomic E-state index is 5.91. The highest BCUT2D eigenvalue weighted by molar-refractivity contribution is 9.10. The number of rotatable bonds is 1. The first kappa shape index (κ1) is 9.21. The average Bonchev–Trinajstić information content (AvgIpc) is 2.74. The van der Waals surface area contributed by atoms with Crippen LogP contribution in [0.15, 0.2) is 16.6 Å². The van der Waals surface area contributed by atoms with Crippen molar-refractivity contribution in [2.24, 2.45) is 5.92 Å². The van der Waals surface area contributed by atoms with Crippen molar-refractivity contribution >= 4 is 32.7 Å². The summed E-state index contributed by atoms with van der Waals surface area (Å²) in [7, 11) is 0. The third-order valence-electron chi connectivity index (χ3n) is 3.06. The molecule has 1 aromatic heterocycles. The number of fused-ring (bicyclic) bond motifs is 1. The zero-order valence-electron chi connectivity index (χ0n) is 8.42. The van der Waals surface area contributed by atoms with Crippen molar-refractivity contribution < 1.29 is 0 Å². The van der Waals surface area contributed by atoms with E-state index in [4.69, 9.17) is 5.73 Å². The summed E-state index contributed by atoms with van der Waals surface area (Å²) in [6.07, 6.45) is 1.24. The zero-order valence-corrected chi connectivity index (χ0v) is 10.0. The first-order chi connectivity index (χ1) is 7.15.